The molecule has 1 N–H and O–H groups in total. The van der Waals surface area contributed by atoms with Crippen molar-refractivity contribution in [2.75, 3.05) is 7.11 Å². The van der Waals surface area contributed by atoms with E-state index in [2.05, 4.69) is 39.9 Å². The summed E-state index contributed by atoms with van der Waals surface area (Å²) in [6.45, 7) is 10.5. The summed E-state index contributed by atoms with van der Waals surface area (Å²) in [5.74, 6) is 0.0350. The minimum absolute atomic E-state index is 0.0350. The van der Waals surface area contributed by atoms with Crippen molar-refractivity contribution < 1.29 is 14.4 Å². The van der Waals surface area contributed by atoms with Crippen LogP contribution >= 0.6 is 0 Å². The molecule has 0 radical (unpaired) electrons. The first kappa shape index (κ1) is 15.7. The van der Waals surface area contributed by atoms with Crippen LogP contribution in [0.25, 0.3) is 0 Å². The number of amides is 1. The van der Waals surface area contributed by atoms with E-state index in [0.29, 0.717) is 12.8 Å². The summed E-state index contributed by atoms with van der Waals surface area (Å²) in [7, 11) is 1.69. The Bertz CT molecular complexity index is 375. The van der Waals surface area contributed by atoms with Crippen molar-refractivity contribution in [1.82, 2.24) is 10.4 Å². The molecule has 2 saturated heterocycles. The molecule has 5 nitrogen and oxygen atoms in total. The zero-order valence-corrected chi connectivity index (χ0v) is 13.6. The van der Waals surface area contributed by atoms with Crippen LogP contribution in [0, 0.1) is 0 Å². The van der Waals surface area contributed by atoms with Crippen LogP contribution in [0.5, 0.6) is 0 Å². The van der Waals surface area contributed by atoms with Gasteiger partial charge in [-0.15, -0.1) is 0 Å². The van der Waals surface area contributed by atoms with Gasteiger partial charge in [0.05, 0.1) is 7.11 Å². The zero-order chi connectivity index (χ0) is 15.2. The van der Waals surface area contributed by atoms with Crippen molar-refractivity contribution in [3.05, 3.63) is 0 Å². The average Bonchev–Trinajstić information content (AvgIpc) is 2.51. The molecule has 2 aliphatic rings. The molecule has 2 rings (SSSR count). The molecule has 0 bridgehead atoms. The van der Waals surface area contributed by atoms with E-state index in [9.17, 15) is 4.79 Å². The van der Waals surface area contributed by atoms with Crippen molar-refractivity contribution in [3.8, 4) is 0 Å². The smallest absolute Gasteiger partial charge is 0.254 e. The molecule has 0 saturated carbocycles. The summed E-state index contributed by atoms with van der Waals surface area (Å²) < 4.78 is 6.16. The fourth-order valence-corrected chi connectivity index (χ4v) is 4.19. The van der Waals surface area contributed by atoms with Crippen molar-refractivity contribution >= 4 is 5.91 Å². The molecule has 2 heterocycles. The van der Waals surface area contributed by atoms with Gasteiger partial charge in [-0.05, 0) is 34.1 Å². The molecule has 116 valence electrons. The predicted octanol–water partition coefficient (Wildman–Crippen LogP) is 2.21. The van der Waals surface area contributed by atoms with Crippen LogP contribution in [0.3, 0.4) is 0 Å². The monoisotopic (exact) mass is 284 g/mol. The van der Waals surface area contributed by atoms with E-state index in [1.807, 2.05) is 5.06 Å². The van der Waals surface area contributed by atoms with Crippen LogP contribution in [-0.4, -0.2) is 41.0 Å². The number of carbonyl (C=O) groups excluding carboxylic acids is 1. The lowest BCUT2D eigenvalue weighted by Crippen LogP contribution is -2.66. The third-order valence-corrected chi connectivity index (χ3v) is 4.34. The van der Waals surface area contributed by atoms with Crippen molar-refractivity contribution in [2.45, 2.75) is 83.2 Å². The molecule has 1 amide bonds. The van der Waals surface area contributed by atoms with Crippen molar-refractivity contribution in [1.29, 1.82) is 0 Å². The van der Waals surface area contributed by atoms with Crippen LogP contribution in [-0.2, 0) is 14.4 Å². The van der Waals surface area contributed by atoms with Gasteiger partial charge < -0.3 is 14.9 Å². The van der Waals surface area contributed by atoms with E-state index in [0.717, 1.165) is 12.8 Å². The standard InChI is InChI=1S/C15H28N2O3/c1-7-8-11-16-12(18)15(20-11)9-13(2,3)17(19-6)14(4,5)10-15/h11H,7-10H2,1-6H3,(H,16,18). The van der Waals surface area contributed by atoms with Gasteiger partial charge in [0, 0.05) is 23.9 Å². The molecule has 0 aromatic rings. The van der Waals surface area contributed by atoms with Crippen LogP contribution in [0.15, 0.2) is 0 Å². The summed E-state index contributed by atoms with van der Waals surface area (Å²) in [6, 6.07) is 0. The Kier molecular flexibility index (Phi) is 3.91. The normalized spacial score (nSPS) is 31.5. The van der Waals surface area contributed by atoms with Crippen LogP contribution in [0.1, 0.15) is 60.3 Å². The fourth-order valence-electron chi connectivity index (χ4n) is 4.19. The molecule has 0 aromatic heterocycles. The van der Waals surface area contributed by atoms with Crippen LogP contribution < -0.4 is 5.32 Å². The van der Waals surface area contributed by atoms with Gasteiger partial charge in [-0.1, -0.05) is 13.3 Å². The Hall–Kier alpha value is -0.650. The maximum atomic E-state index is 12.5. The number of nitrogens with zero attached hydrogens (tertiary/aromatic N) is 1. The molecule has 0 aliphatic carbocycles. The third kappa shape index (κ3) is 2.47. The highest BCUT2D eigenvalue weighted by atomic mass is 16.7. The minimum Gasteiger partial charge on any atom is -0.342 e. The highest BCUT2D eigenvalue weighted by Gasteiger charge is 2.60. The van der Waals surface area contributed by atoms with E-state index in [4.69, 9.17) is 9.57 Å². The third-order valence-electron chi connectivity index (χ3n) is 4.34. The fraction of sp³-hybridized carbons (Fsp3) is 0.933. The lowest BCUT2D eigenvalue weighted by Gasteiger charge is -2.55. The molecule has 0 aromatic carbocycles. The van der Waals surface area contributed by atoms with Gasteiger partial charge in [-0.25, -0.2) is 0 Å². The molecular weight excluding hydrogens is 256 g/mol. The van der Waals surface area contributed by atoms with Gasteiger partial charge in [0.2, 0.25) is 0 Å². The Morgan fingerprint density at radius 2 is 1.85 bits per heavy atom. The second-order valence-electron chi connectivity index (χ2n) is 7.32. The lowest BCUT2D eigenvalue weighted by molar-refractivity contribution is -0.291. The second kappa shape index (κ2) is 4.97. The highest BCUT2D eigenvalue weighted by Crippen LogP contribution is 2.47. The van der Waals surface area contributed by atoms with Gasteiger partial charge in [0.1, 0.15) is 6.23 Å². The van der Waals surface area contributed by atoms with Gasteiger partial charge in [-0.2, -0.15) is 5.06 Å². The summed E-state index contributed by atoms with van der Waals surface area (Å²) >= 11 is 0. The second-order valence-corrected chi connectivity index (χ2v) is 7.32. The zero-order valence-electron chi connectivity index (χ0n) is 13.6. The Morgan fingerprint density at radius 1 is 1.30 bits per heavy atom. The predicted molar refractivity (Wildman–Crippen MR) is 76.9 cm³/mol. The SMILES string of the molecule is CCCC1NC(=O)C2(CC(C)(C)N(OC)C(C)(C)C2)O1. The maximum Gasteiger partial charge on any atom is 0.254 e. The molecule has 2 aliphatic heterocycles. The number of carbonyl (C=O) groups is 1. The topological polar surface area (TPSA) is 50.8 Å². The quantitative estimate of drug-likeness (QED) is 0.863. The van der Waals surface area contributed by atoms with E-state index < -0.39 is 5.60 Å². The molecule has 1 unspecified atom stereocenters. The Labute approximate surface area is 121 Å². The van der Waals surface area contributed by atoms with E-state index in [-0.39, 0.29) is 23.2 Å². The minimum atomic E-state index is -0.720. The number of rotatable bonds is 3. The number of piperidine rings is 1. The summed E-state index contributed by atoms with van der Waals surface area (Å²) in [5.41, 5.74) is -1.23. The lowest BCUT2D eigenvalue weighted by atomic mass is 9.72. The van der Waals surface area contributed by atoms with Gasteiger partial charge in [0.25, 0.3) is 5.91 Å². The van der Waals surface area contributed by atoms with Crippen molar-refractivity contribution in [3.63, 3.8) is 0 Å². The van der Waals surface area contributed by atoms with Crippen LogP contribution in [0.2, 0.25) is 0 Å². The van der Waals surface area contributed by atoms with E-state index in [1.54, 1.807) is 7.11 Å². The summed E-state index contributed by atoms with van der Waals surface area (Å²) in [4.78, 5) is 18.1. The molecular formula is C15H28N2O3. The first-order valence-electron chi connectivity index (χ1n) is 7.50. The average molecular weight is 284 g/mol. The first-order valence-corrected chi connectivity index (χ1v) is 7.50. The van der Waals surface area contributed by atoms with Crippen molar-refractivity contribution in [2.24, 2.45) is 0 Å². The molecule has 1 spiro atoms. The maximum absolute atomic E-state index is 12.5. The van der Waals surface area contributed by atoms with E-state index >= 15 is 0 Å². The number of ether oxygens (including phenoxy) is 1. The first-order chi connectivity index (χ1) is 9.17. The highest BCUT2D eigenvalue weighted by molar-refractivity contribution is 5.87. The van der Waals surface area contributed by atoms with Gasteiger partial charge in [0.15, 0.2) is 5.60 Å². The molecule has 2 fully saturated rings. The summed E-state index contributed by atoms with van der Waals surface area (Å²) in [5, 5.41) is 5.00. The number of hydroxylamine groups is 2. The van der Waals surface area contributed by atoms with Crippen LogP contribution in [0.4, 0.5) is 0 Å². The molecule has 5 heteroatoms. The largest absolute Gasteiger partial charge is 0.342 e. The molecule has 20 heavy (non-hydrogen) atoms. The Morgan fingerprint density at radius 3 is 2.30 bits per heavy atom. The molecule has 1 atom stereocenters. The Balaban J connectivity index is 2.29. The van der Waals surface area contributed by atoms with Gasteiger partial charge >= 0.3 is 0 Å². The van der Waals surface area contributed by atoms with Gasteiger partial charge in [-0.3, -0.25) is 4.79 Å². The number of hydrogen-bond acceptors (Lipinski definition) is 4. The van der Waals surface area contributed by atoms with E-state index in [1.165, 1.54) is 0 Å². The summed E-state index contributed by atoms with van der Waals surface area (Å²) in [6.07, 6.45) is 3.00. The number of nitrogens with one attached hydrogen (secondary N) is 1. The number of hydrogen-bond donors (Lipinski definition) is 1.